The zero-order valence-electron chi connectivity index (χ0n) is 13.9. The molecule has 2 heterocycles. The smallest absolute Gasteiger partial charge is 0.251 e. The van der Waals surface area contributed by atoms with Crippen LogP contribution in [0.25, 0.3) is 11.0 Å². The molecule has 2 N–H and O–H groups in total. The molecule has 0 bridgehead atoms. The van der Waals surface area contributed by atoms with Crippen molar-refractivity contribution in [1.82, 2.24) is 20.7 Å². The summed E-state index contributed by atoms with van der Waals surface area (Å²) in [5.74, 6) is 0.766. The summed E-state index contributed by atoms with van der Waals surface area (Å²) in [6, 6.07) is 13.4. The number of carbonyl (C=O) groups excluding carboxylic acids is 1. The van der Waals surface area contributed by atoms with Crippen LogP contribution in [0.1, 0.15) is 16.8 Å². The fourth-order valence-electron chi connectivity index (χ4n) is 3.24. The number of methoxy groups -OCH3 is 1. The Morgan fingerprint density at radius 2 is 2.08 bits per heavy atom. The van der Waals surface area contributed by atoms with Gasteiger partial charge in [-0.1, -0.05) is 12.1 Å². The lowest BCUT2D eigenvalue weighted by Gasteiger charge is -2.21. The Kier molecular flexibility index (Phi) is 3.97. The number of amides is 1. The number of anilines is 1. The molecule has 1 amide bonds. The summed E-state index contributed by atoms with van der Waals surface area (Å²) in [7, 11) is 1.67. The largest absolute Gasteiger partial charge is 0.495 e. The maximum Gasteiger partial charge on any atom is 0.251 e. The van der Waals surface area contributed by atoms with Crippen LogP contribution in [0.4, 0.5) is 5.69 Å². The van der Waals surface area contributed by atoms with Crippen LogP contribution in [0.15, 0.2) is 42.5 Å². The van der Waals surface area contributed by atoms with Gasteiger partial charge in [-0.15, -0.1) is 0 Å². The third-order valence-electron chi connectivity index (χ3n) is 4.53. The van der Waals surface area contributed by atoms with Crippen LogP contribution < -0.4 is 15.0 Å². The summed E-state index contributed by atoms with van der Waals surface area (Å²) in [4.78, 5) is 14.8. The van der Waals surface area contributed by atoms with E-state index in [1.54, 1.807) is 25.3 Å². The standard InChI is InChI=1S/C18H19N5O2/c1-25-17-5-3-2-4-16(17)23-9-8-13(11-23)19-18(24)12-6-7-14-15(10-12)21-22-20-14/h2-7,10,13H,8-9,11H2,1H3,(H,19,24)(H,20,21,22)/t13-/m1/s1. The van der Waals surface area contributed by atoms with Crippen molar-refractivity contribution in [3.05, 3.63) is 48.0 Å². The number of nitrogens with zero attached hydrogens (tertiary/aromatic N) is 3. The second kappa shape index (κ2) is 6.43. The molecule has 1 saturated heterocycles. The van der Waals surface area contributed by atoms with Crippen LogP contribution in [0.3, 0.4) is 0 Å². The molecule has 25 heavy (non-hydrogen) atoms. The number of para-hydroxylation sites is 2. The van der Waals surface area contributed by atoms with E-state index in [4.69, 9.17) is 4.74 Å². The van der Waals surface area contributed by atoms with Crippen molar-refractivity contribution in [2.45, 2.75) is 12.5 Å². The monoisotopic (exact) mass is 337 g/mol. The first kappa shape index (κ1) is 15.4. The van der Waals surface area contributed by atoms with E-state index in [-0.39, 0.29) is 11.9 Å². The van der Waals surface area contributed by atoms with Crippen LogP contribution in [-0.2, 0) is 0 Å². The molecule has 1 fully saturated rings. The first-order chi connectivity index (χ1) is 12.2. The Labute approximate surface area is 145 Å². The van der Waals surface area contributed by atoms with Gasteiger partial charge in [0.1, 0.15) is 16.8 Å². The number of hydrogen-bond donors (Lipinski definition) is 2. The molecule has 1 aliphatic heterocycles. The van der Waals surface area contributed by atoms with Crippen molar-refractivity contribution in [1.29, 1.82) is 0 Å². The molecule has 2 aromatic carbocycles. The van der Waals surface area contributed by atoms with E-state index in [9.17, 15) is 4.79 Å². The minimum Gasteiger partial charge on any atom is -0.495 e. The molecule has 1 aliphatic rings. The summed E-state index contributed by atoms with van der Waals surface area (Å²) in [6.07, 6.45) is 0.899. The molecular formula is C18H19N5O2. The molecular weight excluding hydrogens is 318 g/mol. The van der Waals surface area contributed by atoms with Gasteiger partial charge in [0, 0.05) is 24.7 Å². The first-order valence-electron chi connectivity index (χ1n) is 8.24. The van der Waals surface area contributed by atoms with E-state index in [0.29, 0.717) is 11.1 Å². The van der Waals surface area contributed by atoms with Gasteiger partial charge in [-0.3, -0.25) is 4.79 Å². The van der Waals surface area contributed by atoms with Gasteiger partial charge >= 0.3 is 0 Å². The SMILES string of the molecule is COc1ccccc1N1CC[C@@H](NC(=O)c2ccc3n[nH]nc3c2)C1. The lowest BCUT2D eigenvalue weighted by Crippen LogP contribution is -2.37. The van der Waals surface area contributed by atoms with E-state index < -0.39 is 0 Å². The summed E-state index contributed by atoms with van der Waals surface area (Å²) < 4.78 is 5.43. The van der Waals surface area contributed by atoms with E-state index in [1.807, 2.05) is 24.3 Å². The minimum atomic E-state index is -0.0863. The van der Waals surface area contributed by atoms with Crippen molar-refractivity contribution in [2.75, 3.05) is 25.1 Å². The van der Waals surface area contributed by atoms with Gasteiger partial charge in [-0.05, 0) is 36.8 Å². The highest BCUT2D eigenvalue weighted by molar-refractivity contribution is 5.97. The average molecular weight is 337 g/mol. The highest BCUT2D eigenvalue weighted by Crippen LogP contribution is 2.30. The highest BCUT2D eigenvalue weighted by atomic mass is 16.5. The number of nitrogens with one attached hydrogen (secondary N) is 2. The predicted molar refractivity (Wildman–Crippen MR) is 95.0 cm³/mol. The molecule has 4 rings (SSSR count). The Bertz CT molecular complexity index is 907. The van der Waals surface area contributed by atoms with Gasteiger partial charge in [0.25, 0.3) is 5.91 Å². The Morgan fingerprint density at radius 1 is 1.24 bits per heavy atom. The summed E-state index contributed by atoms with van der Waals surface area (Å²) in [5, 5.41) is 13.7. The number of aromatic amines is 1. The van der Waals surface area contributed by atoms with Gasteiger partial charge < -0.3 is 15.0 Å². The van der Waals surface area contributed by atoms with Gasteiger partial charge in [0.05, 0.1) is 12.8 Å². The normalized spacial score (nSPS) is 17.0. The number of benzene rings is 2. The van der Waals surface area contributed by atoms with Gasteiger partial charge in [0.15, 0.2) is 0 Å². The Balaban J connectivity index is 1.44. The number of ether oxygens (including phenoxy) is 1. The fourth-order valence-corrected chi connectivity index (χ4v) is 3.24. The summed E-state index contributed by atoms with van der Waals surface area (Å²) >= 11 is 0. The number of rotatable bonds is 4. The molecule has 1 atom stereocenters. The minimum absolute atomic E-state index is 0.0863. The molecule has 7 nitrogen and oxygen atoms in total. The van der Waals surface area contributed by atoms with Crippen molar-refractivity contribution in [3.63, 3.8) is 0 Å². The third-order valence-corrected chi connectivity index (χ3v) is 4.53. The summed E-state index contributed by atoms with van der Waals surface area (Å²) in [5.41, 5.74) is 3.09. The molecule has 0 spiro atoms. The maximum atomic E-state index is 12.5. The average Bonchev–Trinajstić information content (AvgIpc) is 3.30. The van der Waals surface area contributed by atoms with Crippen molar-refractivity contribution in [2.24, 2.45) is 0 Å². The lowest BCUT2D eigenvalue weighted by molar-refractivity contribution is 0.0940. The summed E-state index contributed by atoms with van der Waals surface area (Å²) in [6.45, 7) is 1.64. The van der Waals surface area contributed by atoms with E-state index in [0.717, 1.165) is 36.5 Å². The van der Waals surface area contributed by atoms with Crippen LogP contribution in [0, 0.1) is 0 Å². The quantitative estimate of drug-likeness (QED) is 0.760. The maximum absolute atomic E-state index is 12.5. The zero-order valence-corrected chi connectivity index (χ0v) is 13.9. The van der Waals surface area contributed by atoms with Crippen molar-refractivity contribution in [3.8, 4) is 5.75 Å². The molecule has 0 radical (unpaired) electrons. The van der Waals surface area contributed by atoms with Gasteiger partial charge in [0.2, 0.25) is 0 Å². The number of aromatic nitrogens is 3. The topological polar surface area (TPSA) is 83.1 Å². The third kappa shape index (κ3) is 3.00. The molecule has 1 aromatic heterocycles. The van der Waals surface area contributed by atoms with Crippen LogP contribution in [0.5, 0.6) is 5.75 Å². The van der Waals surface area contributed by atoms with Crippen LogP contribution in [-0.4, -0.2) is 47.6 Å². The highest BCUT2D eigenvalue weighted by Gasteiger charge is 2.26. The molecule has 0 aliphatic carbocycles. The molecule has 128 valence electrons. The van der Waals surface area contributed by atoms with Crippen molar-refractivity contribution < 1.29 is 9.53 Å². The Hall–Kier alpha value is -3.09. The van der Waals surface area contributed by atoms with Crippen LogP contribution in [0.2, 0.25) is 0 Å². The zero-order chi connectivity index (χ0) is 17.2. The van der Waals surface area contributed by atoms with Gasteiger partial charge in [-0.25, -0.2) is 0 Å². The predicted octanol–water partition coefficient (Wildman–Crippen LogP) is 1.98. The molecule has 0 saturated carbocycles. The van der Waals surface area contributed by atoms with Crippen molar-refractivity contribution >= 4 is 22.6 Å². The number of H-pyrrole nitrogens is 1. The molecule has 7 heteroatoms. The lowest BCUT2D eigenvalue weighted by atomic mass is 10.1. The number of hydrogen-bond acceptors (Lipinski definition) is 5. The molecule has 3 aromatic rings. The molecule has 0 unspecified atom stereocenters. The number of carbonyl (C=O) groups is 1. The number of fused-ring (bicyclic) bond motifs is 1. The first-order valence-corrected chi connectivity index (χ1v) is 8.24. The van der Waals surface area contributed by atoms with Gasteiger partial charge in [-0.2, -0.15) is 15.4 Å². The fraction of sp³-hybridized carbons (Fsp3) is 0.278. The second-order valence-electron chi connectivity index (χ2n) is 6.10. The second-order valence-corrected chi connectivity index (χ2v) is 6.10. The van der Waals surface area contributed by atoms with E-state index >= 15 is 0 Å². The Morgan fingerprint density at radius 3 is 2.96 bits per heavy atom. The van der Waals surface area contributed by atoms with E-state index in [1.165, 1.54) is 0 Å². The van der Waals surface area contributed by atoms with E-state index in [2.05, 4.69) is 25.6 Å². The van der Waals surface area contributed by atoms with Crippen LogP contribution >= 0.6 is 0 Å².